The number of rotatable bonds is 6. The quantitative estimate of drug-likeness (QED) is 0.813. The summed E-state index contributed by atoms with van der Waals surface area (Å²) in [5.41, 5.74) is 1.40. The summed E-state index contributed by atoms with van der Waals surface area (Å²) >= 11 is 6.07. The van der Waals surface area contributed by atoms with Gasteiger partial charge in [-0.1, -0.05) is 41.9 Å². The minimum atomic E-state index is -0.554. The fourth-order valence-electron chi connectivity index (χ4n) is 2.15. The van der Waals surface area contributed by atoms with Crippen molar-refractivity contribution in [3.05, 3.63) is 70.5 Å². The van der Waals surface area contributed by atoms with Crippen molar-refractivity contribution >= 4 is 23.5 Å². The second-order valence-corrected chi connectivity index (χ2v) is 5.68. The molecule has 2 aromatic rings. The molecule has 1 N–H and O–H groups in total. The van der Waals surface area contributed by atoms with Gasteiger partial charge in [-0.15, -0.1) is 0 Å². The average Bonchev–Trinajstić information content (AvgIpc) is 2.55. The van der Waals surface area contributed by atoms with Crippen molar-refractivity contribution in [1.29, 1.82) is 0 Å². The van der Waals surface area contributed by atoms with Crippen molar-refractivity contribution in [3.8, 4) is 0 Å². The summed E-state index contributed by atoms with van der Waals surface area (Å²) in [4.78, 5) is 23.6. The second-order valence-electron chi connectivity index (χ2n) is 5.27. The number of benzene rings is 2. The lowest BCUT2D eigenvalue weighted by atomic mass is 10.1. The second kappa shape index (κ2) is 8.45. The van der Waals surface area contributed by atoms with E-state index in [0.29, 0.717) is 10.6 Å². The predicted octanol–water partition coefficient (Wildman–Crippen LogP) is 3.44. The summed E-state index contributed by atoms with van der Waals surface area (Å²) in [6.45, 7) is 1.41. The predicted molar refractivity (Wildman–Crippen MR) is 89.1 cm³/mol. The maximum atomic E-state index is 12.8. The van der Waals surface area contributed by atoms with Gasteiger partial charge < -0.3 is 10.1 Å². The lowest BCUT2D eigenvalue weighted by Gasteiger charge is -2.15. The molecule has 0 aliphatic heterocycles. The standard InChI is InChI=1S/C18H17ClFNO3/c1-12(15-4-2-3-5-16(15)19)21-17(22)11-24-18(23)10-13-6-8-14(20)9-7-13/h2-9,12H,10-11H2,1H3,(H,21,22)/t12-/m0/s1. The van der Waals surface area contributed by atoms with Gasteiger partial charge in [-0.25, -0.2) is 4.39 Å². The molecule has 0 aliphatic carbocycles. The highest BCUT2D eigenvalue weighted by Gasteiger charge is 2.14. The molecule has 6 heteroatoms. The van der Waals surface area contributed by atoms with Gasteiger partial charge in [-0.2, -0.15) is 0 Å². The number of carbonyl (C=O) groups is 2. The lowest BCUT2D eigenvalue weighted by molar-refractivity contribution is -0.148. The molecule has 1 atom stereocenters. The van der Waals surface area contributed by atoms with Gasteiger partial charge in [-0.3, -0.25) is 9.59 Å². The van der Waals surface area contributed by atoms with Crippen molar-refractivity contribution in [2.45, 2.75) is 19.4 Å². The molecule has 2 aromatic carbocycles. The van der Waals surface area contributed by atoms with Crippen LogP contribution in [0.4, 0.5) is 4.39 Å². The molecule has 0 saturated carbocycles. The molecule has 126 valence electrons. The van der Waals surface area contributed by atoms with Gasteiger partial charge in [0, 0.05) is 5.02 Å². The van der Waals surface area contributed by atoms with Crippen LogP contribution in [0.1, 0.15) is 24.1 Å². The van der Waals surface area contributed by atoms with Gasteiger partial charge in [0.1, 0.15) is 5.82 Å². The molecule has 24 heavy (non-hydrogen) atoms. The van der Waals surface area contributed by atoms with E-state index < -0.39 is 11.9 Å². The molecule has 0 aromatic heterocycles. The fourth-order valence-corrected chi connectivity index (χ4v) is 2.45. The molecule has 0 bridgehead atoms. The summed E-state index contributed by atoms with van der Waals surface area (Å²) < 4.78 is 17.7. The van der Waals surface area contributed by atoms with E-state index in [2.05, 4.69) is 5.32 Å². The Morgan fingerprint density at radius 3 is 2.50 bits per heavy atom. The van der Waals surface area contributed by atoms with Crippen molar-refractivity contribution in [2.75, 3.05) is 6.61 Å². The fraction of sp³-hybridized carbons (Fsp3) is 0.222. The SMILES string of the molecule is C[C@H](NC(=O)COC(=O)Cc1ccc(F)cc1)c1ccccc1Cl. The van der Waals surface area contributed by atoms with E-state index >= 15 is 0 Å². The smallest absolute Gasteiger partial charge is 0.310 e. The molecule has 0 saturated heterocycles. The number of carbonyl (C=O) groups excluding carboxylic acids is 2. The summed E-state index contributed by atoms with van der Waals surface area (Å²) in [5.74, 6) is -1.35. The molecular weight excluding hydrogens is 333 g/mol. The van der Waals surface area contributed by atoms with Gasteiger partial charge in [0.05, 0.1) is 12.5 Å². The Kier molecular flexibility index (Phi) is 6.32. The minimum absolute atomic E-state index is 0.0202. The van der Waals surface area contributed by atoms with Crippen molar-refractivity contribution in [2.24, 2.45) is 0 Å². The van der Waals surface area contributed by atoms with E-state index in [1.807, 2.05) is 12.1 Å². The molecule has 0 spiro atoms. The summed E-state index contributed by atoms with van der Waals surface area (Å²) in [7, 11) is 0. The molecule has 1 amide bonds. The highest BCUT2D eigenvalue weighted by Crippen LogP contribution is 2.21. The molecule has 0 unspecified atom stereocenters. The Balaban J connectivity index is 1.79. The molecule has 0 fully saturated rings. The van der Waals surface area contributed by atoms with E-state index in [1.165, 1.54) is 24.3 Å². The van der Waals surface area contributed by atoms with Crippen LogP contribution in [0, 0.1) is 5.82 Å². The number of hydrogen-bond acceptors (Lipinski definition) is 3. The highest BCUT2D eigenvalue weighted by atomic mass is 35.5. The Bertz CT molecular complexity index is 718. The van der Waals surface area contributed by atoms with Crippen LogP contribution in [-0.4, -0.2) is 18.5 Å². The molecular formula is C18H17ClFNO3. The number of amides is 1. The van der Waals surface area contributed by atoms with Crippen LogP contribution in [0.15, 0.2) is 48.5 Å². The van der Waals surface area contributed by atoms with Crippen LogP contribution in [0.25, 0.3) is 0 Å². The third-order valence-electron chi connectivity index (χ3n) is 3.38. The van der Waals surface area contributed by atoms with Gasteiger partial charge in [0.2, 0.25) is 0 Å². The van der Waals surface area contributed by atoms with Gasteiger partial charge in [0.15, 0.2) is 6.61 Å². The molecule has 2 rings (SSSR count). The van der Waals surface area contributed by atoms with E-state index in [-0.39, 0.29) is 24.9 Å². The highest BCUT2D eigenvalue weighted by molar-refractivity contribution is 6.31. The Hall–Kier alpha value is -2.40. The Labute approximate surface area is 144 Å². The first-order valence-corrected chi connectivity index (χ1v) is 7.77. The maximum absolute atomic E-state index is 12.8. The zero-order valence-electron chi connectivity index (χ0n) is 13.1. The van der Waals surface area contributed by atoms with Gasteiger partial charge in [-0.05, 0) is 36.2 Å². The van der Waals surface area contributed by atoms with E-state index in [4.69, 9.17) is 16.3 Å². The number of esters is 1. The van der Waals surface area contributed by atoms with Crippen LogP contribution in [-0.2, 0) is 20.7 Å². The largest absolute Gasteiger partial charge is 0.455 e. The third kappa shape index (κ3) is 5.35. The summed E-state index contributed by atoms with van der Waals surface area (Å²) in [6, 6.07) is 12.4. The first kappa shape index (κ1) is 17.9. The topological polar surface area (TPSA) is 55.4 Å². The minimum Gasteiger partial charge on any atom is -0.455 e. The molecule has 4 nitrogen and oxygen atoms in total. The van der Waals surface area contributed by atoms with Crippen LogP contribution in [0.2, 0.25) is 5.02 Å². The first-order chi connectivity index (χ1) is 11.5. The zero-order valence-corrected chi connectivity index (χ0v) is 13.8. The lowest BCUT2D eigenvalue weighted by Crippen LogP contribution is -2.31. The van der Waals surface area contributed by atoms with Crippen molar-refractivity contribution in [3.63, 3.8) is 0 Å². The molecule has 0 aliphatic rings. The summed E-state index contributed by atoms with van der Waals surface area (Å²) in [5, 5.41) is 3.27. The van der Waals surface area contributed by atoms with Crippen molar-refractivity contribution in [1.82, 2.24) is 5.32 Å². The number of ether oxygens (including phenoxy) is 1. The third-order valence-corrected chi connectivity index (χ3v) is 3.72. The number of nitrogens with one attached hydrogen (secondary N) is 1. The van der Waals surface area contributed by atoms with E-state index in [0.717, 1.165) is 5.56 Å². The number of halogens is 2. The normalized spacial score (nSPS) is 11.6. The first-order valence-electron chi connectivity index (χ1n) is 7.39. The van der Waals surface area contributed by atoms with Crippen LogP contribution in [0.5, 0.6) is 0 Å². The monoisotopic (exact) mass is 349 g/mol. The Morgan fingerprint density at radius 1 is 1.17 bits per heavy atom. The summed E-state index contributed by atoms with van der Waals surface area (Å²) in [6.07, 6.45) is -0.0202. The Morgan fingerprint density at radius 2 is 1.83 bits per heavy atom. The molecule has 0 heterocycles. The van der Waals surface area contributed by atoms with Crippen LogP contribution >= 0.6 is 11.6 Å². The van der Waals surface area contributed by atoms with Crippen LogP contribution in [0.3, 0.4) is 0 Å². The van der Waals surface area contributed by atoms with E-state index in [9.17, 15) is 14.0 Å². The van der Waals surface area contributed by atoms with Crippen LogP contribution < -0.4 is 5.32 Å². The van der Waals surface area contributed by atoms with Gasteiger partial charge >= 0.3 is 5.97 Å². The average molecular weight is 350 g/mol. The van der Waals surface area contributed by atoms with E-state index in [1.54, 1.807) is 19.1 Å². The molecule has 0 radical (unpaired) electrons. The maximum Gasteiger partial charge on any atom is 0.310 e. The van der Waals surface area contributed by atoms with Crippen molar-refractivity contribution < 1.29 is 18.7 Å². The van der Waals surface area contributed by atoms with Gasteiger partial charge in [0.25, 0.3) is 5.91 Å². The zero-order chi connectivity index (χ0) is 17.5. The number of hydrogen-bond donors (Lipinski definition) is 1.